The average Bonchev–Trinajstić information content (AvgIpc) is 2.59. The van der Waals surface area contributed by atoms with Gasteiger partial charge in [-0.3, -0.25) is 4.98 Å². The third-order valence-electron chi connectivity index (χ3n) is 4.58. The van der Waals surface area contributed by atoms with Gasteiger partial charge in [0.1, 0.15) is 5.82 Å². The van der Waals surface area contributed by atoms with Crippen LogP contribution in [0.15, 0.2) is 30.6 Å². The molecular weight excluding hydrogens is 308 g/mol. The predicted molar refractivity (Wildman–Crippen MR) is 95.0 cm³/mol. The number of hydrogen-bond donors (Lipinski definition) is 2. The highest BCUT2D eigenvalue weighted by molar-refractivity contribution is 6.33. The van der Waals surface area contributed by atoms with E-state index >= 15 is 0 Å². The van der Waals surface area contributed by atoms with Gasteiger partial charge in [0.25, 0.3) is 0 Å². The Balaban J connectivity index is 1.73. The zero-order valence-electron chi connectivity index (χ0n) is 13.4. The molecule has 0 saturated heterocycles. The van der Waals surface area contributed by atoms with Crippen molar-refractivity contribution in [3.05, 3.63) is 46.9 Å². The molecule has 0 radical (unpaired) electrons. The molecule has 3 N–H and O–H groups in total. The minimum atomic E-state index is 0.0235. The van der Waals surface area contributed by atoms with Crippen molar-refractivity contribution in [2.45, 2.75) is 45.1 Å². The van der Waals surface area contributed by atoms with E-state index in [2.05, 4.69) is 15.3 Å². The van der Waals surface area contributed by atoms with Crippen molar-refractivity contribution in [2.75, 3.05) is 5.32 Å². The maximum Gasteiger partial charge on any atom is 0.149 e. The minimum Gasteiger partial charge on any atom is -0.338 e. The second kappa shape index (κ2) is 7.28. The number of rotatable bonds is 4. The lowest BCUT2D eigenvalue weighted by Crippen LogP contribution is -2.23. The number of anilines is 2. The van der Waals surface area contributed by atoms with Gasteiger partial charge in [-0.05, 0) is 49.4 Å². The topological polar surface area (TPSA) is 63.8 Å². The Morgan fingerprint density at radius 3 is 2.61 bits per heavy atom. The van der Waals surface area contributed by atoms with Crippen molar-refractivity contribution in [2.24, 2.45) is 11.7 Å². The lowest BCUT2D eigenvalue weighted by Gasteiger charge is -2.27. The Hall–Kier alpha value is -1.65. The molecule has 2 heterocycles. The van der Waals surface area contributed by atoms with Crippen LogP contribution in [-0.2, 0) is 0 Å². The maximum atomic E-state index is 6.43. The SMILES string of the molecule is Cc1ccc(Nc2ncc([C@H](N)C3CCCCC3)cc2Cl)cn1. The van der Waals surface area contributed by atoms with Gasteiger partial charge in [-0.25, -0.2) is 4.98 Å². The molecule has 1 aliphatic rings. The van der Waals surface area contributed by atoms with Crippen LogP contribution in [0.25, 0.3) is 0 Å². The Labute approximate surface area is 142 Å². The molecule has 122 valence electrons. The van der Waals surface area contributed by atoms with Gasteiger partial charge in [-0.2, -0.15) is 0 Å². The van der Waals surface area contributed by atoms with E-state index in [1.54, 1.807) is 6.20 Å². The highest BCUT2D eigenvalue weighted by Gasteiger charge is 2.22. The van der Waals surface area contributed by atoms with Gasteiger partial charge in [0.2, 0.25) is 0 Å². The van der Waals surface area contributed by atoms with Crippen LogP contribution >= 0.6 is 11.6 Å². The number of nitrogens with one attached hydrogen (secondary N) is 1. The van der Waals surface area contributed by atoms with Gasteiger partial charge in [0, 0.05) is 17.9 Å². The summed E-state index contributed by atoms with van der Waals surface area (Å²) in [6, 6.07) is 5.87. The summed E-state index contributed by atoms with van der Waals surface area (Å²) >= 11 is 6.39. The molecule has 4 nitrogen and oxygen atoms in total. The monoisotopic (exact) mass is 330 g/mol. The van der Waals surface area contributed by atoms with E-state index in [9.17, 15) is 0 Å². The summed E-state index contributed by atoms with van der Waals surface area (Å²) in [6.45, 7) is 1.95. The highest BCUT2D eigenvalue weighted by Crippen LogP contribution is 2.34. The van der Waals surface area contributed by atoms with Crippen LogP contribution in [0.2, 0.25) is 5.02 Å². The van der Waals surface area contributed by atoms with E-state index in [4.69, 9.17) is 17.3 Å². The van der Waals surface area contributed by atoms with Gasteiger partial charge >= 0.3 is 0 Å². The Kier molecular flexibility index (Phi) is 5.13. The first-order valence-electron chi connectivity index (χ1n) is 8.24. The number of aryl methyl sites for hydroxylation is 1. The third kappa shape index (κ3) is 4.01. The molecule has 5 heteroatoms. The minimum absolute atomic E-state index is 0.0235. The lowest BCUT2D eigenvalue weighted by atomic mass is 9.82. The fraction of sp³-hybridized carbons (Fsp3) is 0.444. The molecule has 1 fully saturated rings. The molecule has 23 heavy (non-hydrogen) atoms. The molecule has 0 spiro atoms. The summed E-state index contributed by atoms with van der Waals surface area (Å²) in [4.78, 5) is 8.72. The Morgan fingerprint density at radius 2 is 1.96 bits per heavy atom. The highest BCUT2D eigenvalue weighted by atomic mass is 35.5. The van der Waals surface area contributed by atoms with Crippen LogP contribution in [-0.4, -0.2) is 9.97 Å². The number of nitrogens with zero attached hydrogens (tertiary/aromatic N) is 2. The zero-order valence-corrected chi connectivity index (χ0v) is 14.2. The maximum absolute atomic E-state index is 6.43. The Morgan fingerprint density at radius 1 is 1.17 bits per heavy atom. The molecule has 1 saturated carbocycles. The molecule has 0 aromatic carbocycles. The molecule has 0 unspecified atom stereocenters. The summed E-state index contributed by atoms with van der Waals surface area (Å²) in [5.41, 5.74) is 9.30. The van der Waals surface area contributed by atoms with Crippen molar-refractivity contribution >= 4 is 23.1 Å². The van der Waals surface area contributed by atoms with Gasteiger partial charge in [0.05, 0.1) is 16.9 Å². The lowest BCUT2D eigenvalue weighted by molar-refractivity contribution is 0.308. The fourth-order valence-electron chi connectivity index (χ4n) is 3.17. The number of aromatic nitrogens is 2. The summed E-state index contributed by atoms with van der Waals surface area (Å²) in [7, 11) is 0. The number of nitrogens with two attached hydrogens (primary N) is 1. The van der Waals surface area contributed by atoms with Gasteiger partial charge < -0.3 is 11.1 Å². The molecule has 0 amide bonds. The van der Waals surface area contributed by atoms with Gasteiger partial charge in [-0.1, -0.05) is 30.9 Å². The fourth-order valence-corrected chi connectivity index (χ4v) is 3.39. The van der Waals surface area contributed by atoms with Crippen molar-refractivity contribution in [3.8, 4) is 0 Å². The molecule has 3 rings (SSSR count). The van der Waals surface area contributed by atoms with E-state index in [1.807, 2.05) is 31.3 Å². The van der Waals surface area contributed by atoms with E-state index < -0.39 is 0 Å². The van der Waals surface area contributed by atoms with Crippen LogP contribution in [0.3, 0.4) is 0 Å². The van der Waals surface area contributed by atoms with E-state index in [0.717, 1.165) is 16.9 Å². The molecular formula is C18H23ClN4. The molecule has 2 aromatic rings. The molecule has 1 aliphatic carbocycles. The smallest absolute Gasteiger partial charge is 0.149 e. The van der Waals surface area contributed by atoms with Crippen molar-refractivity contribution < 1.29 is 0 Å². The van der Waals surface area contributed by atoms with Crippen LogP contribution in [0.4, 0.5) is 11.5 Å². The summed E-state index contributed by atoms with van der Waals surface area (Å²) in [5, 5.41) is 3.79. The quantitative estimate of drug-likeness (QED) is 0.848. The van der Waals surface area contributed by atoms with Crippen LogP contribution < -0.4 is 11.1 Å². The third-order valence-corrected chi connectivity index (χ3v) is 4.87. The first-order valence-corrected chi connectivity index (χ1v) is 8.62. The number of hydrogen-bond acceptors (Lipinski definition) is 4. The van der Waals surface area contributed by atoms with Crippen molar-refractivity contribution in [1.29, 1.82) is 0 Å². The molecule has 1 atom stereocenters. The average molecular weight is 331 g/mol. The predicted octanol–water partition coefficient (Wildman–Crippen LogP) is 4.76. The second-order valence-electron chi connectivity index (χ2n) is 6.34. The summed E-state index contributed by atoms with van der Waals surface area (Å²) < 4.78 is 0. The first-order chi connectivity index (χ1) is 11.1. The van der Waals surface area contributed by atoms with E-state index in [-0.39, 0.29) is 6.04 Å². The van der Waals surface area contributed by atoms with Crippen LogP contribution in [0.5, 0.6) is 0 Å². The summed E-state index contributed by atoms with van der Waals surface area (Å²) in [6.07, 6.45) is 9.90. The van der Waals surface area contributed by atoms with Crippen LogP contribution in [0, 0.1) is 12.8 Å². The Bertz CT molecular complexity index is 651. The van der Waals surface area contributed by atoms with E-state index in [0.29, 0.717) is 16.8 Å². The van der Waals surface area contributed by atoms with E-state index in [1.165, 1.54) is 32.1 Å². The molecule has 0 aliphatic heterocycles. The number of pyridine rings is 2. The second-order valence-corrected chi connectivity index (χ2v) is 6.74. The molecule has 0 bridgehead atoms. The number of halogens is 1. The van der Waals surface area contributed by atoms with Gasteiger partial charge in [0.15, 0.2) is 0 Å². The molecule has 2 aromatic heterocycles. The standard InChI is InChI=1S/C18H23ClN4/c1-12-7-8-15(11-21-12)23-18-16(19)9-14(10-22-18)17(20)13-5-3-2-4-6-13/h7-11,13,17H,2-6,20H2,1H3,(H,22,23)/t17-/m1/s1. The summed E-state index contributed by atoms with van der Waals surface area (Å²) in [5.74, 6) is 1.18. The zero-order chi connectivity index (χ0) is 16.2. The first kappa shape index (κ1) is 16.2. The largest absolute Gasteiger partial charge is 0.338 e. The van der Waals surface area contributed by atoms with Crippen LogP contribution in [0.1, 0.15) is 49.4 Å². The van der Waals surface area contributed by atoms with Crippen molar-refractivity contribution in [3.63, 3.8) is 0 Å². The normalized spacial score (nSPS) is 17.0. The van der Waals surface area contributed by atoms with Gasteiger partial charge in [-0.15, -0.1) is 0 Å². The van der Waals surface area contributed by atoms with Crippen molar-refractivity contribution in [1.82, 2.24) is 9.97 Å².